The van der Waals surface area contributed by atoms with E-state index in [1.54, 1.807) is 14.2 Å². The molecule has 7 nitrogen and oxygen atoms in total. The molecular formula is C19H23N3O4S. The Morgan fingerprint density at radius 1 is 1.19 bits per heavy atom. The maximum atomic E-state index is 12.2. The number of rotatable bonds is 7. The predicted molar refractivity (Wildman–Crippen MR) is 105 cm³/mol. The van der Waals surface area contributed by atoms with Crippen molar-refractivity contribution in [3.05, 3.63) is 39.8 Å². The van der Waals surface area contributed by atoms with Crippen LogP contribution in [-0.2, 0) is 19.3 Å². The van der Waals surface area contributed by atoms with Gasteiger partial charge in [0.1, 0.15) is 5.00 Å². The van der Waals surface area contributed by atoms with Crippen molar-refractivity contribution in [3.63, 3.8) is 0 Å². The van der Waals surface area contributed by atoms with Gasteiger partial charge in [-0.15, -0.1) is 11.3 Å². The van der Waals surface area contributed by atoms with E-state index >= 15 is 0 Å². The van der Waals surface area contributed by atoms with E-state index in [1.807, 2.05) is 18.2 Å². The van der Waals surface area contributed by atoms with E-state index in [-0.39, 0.29) is 6.03 Å². The van der Waals surface area contributed by atoms with Gasteiger partial charge < -0.3 is 20.5 Å². The van der Waals surface area contributed by atoms with Crippen molar-refractivity contribution in [3.8, 4) is 11.5 Å². The predicted octanol–water partition coefficient (Wildman–Crippen LogP) is 2.72. The fraction of sp³-hybridized carbons (Fsp3) is 0.368. The normalized spacial score (nSPS) is 12.4. The van der Waals surface area contributed by atoms with E-state index in [0.29, 0.717) is 35.0 Å². The van der Waals surface area contributed by atoms with Crippen LogP contribution in [0.3, 0.4) is 0 Å². The van der Waals surface area contributed by atoms with Gasteiger partial charge in [-0.25, -0.2) is 4.79 Å². The topological polar surface area (TPSA) is 103 Å². The third-order valence-corrected chi connectivity index (χ3v) is 5.75. The summed E-state index contributed by atoms with van der Waals surface area (Å²) in [6.07, 6.45) is 3.44. The number of aryl methyl sites for hydroxylation is 1. The van der Waals surface area contributed by atoms with Crippen LogP contribution >= 0.6 is 11.3 Å². The molecular weight excluding hydrogens is 366 g/mol. The summed E-state index contributed by atoms with van der Waals surface area (Å²) in [4.78, 5) is 25.1. The molecule has 0 atom stereocenters. The average Bonchev–Trinajstić information content (AvgIpc) is 3.21. The Morgan fingerprint density at radius 3 is 2.67 bits per heavy atom. The quantitative estimate of drug-likeness (QED) is 0.677. The lowest BCUT2D eigenvalue weighted by Gasteiger charge is -2.11. The number of methoxy groups -OCH3 is 2. The van der Waals surface area contributed by atoms with Gasteiger partial charge in [0.15, 0.2) is 11.5 Å². The van der Waals surface area contributed by atoms with Crippen molar-refractivity contribution in [1.82, 2.24) is 5.32 Å². The maximum Gasteiger partial charge on any atom is 0.319 e. The molecule has 0 radical (unpaired) electrons. The molecule has 0 saturated carbocycles. The smallest absolute Gasteiger partial charge is 0.319 e. The van der Waals surface area contributed by atoms with Crippen LogP contribution < -0.4 is 25.8 Å². The Balaban J connectivity index is 1.57. The number of hydrogen-bond acceptors (Lipinski definition) is 5. The van der Waals surface area contributed by atoms with Gasteiger partial charge >= 0.3 is 6.03 Å². The van der Waals surface area contributed by atoms with Crippen molar-refractivity contribution >= 4 is 28.3 Å². The van der Waals surface area contributed by atoms with Gasteiger partial charge in [-0.2, -0.15) is 0 Å². The highest BCUT2D eigenvalue weighted by Crippen LogP contribution is 2.38. The number of anilines is 1. The van der Waals surface area contributed by atoms with Crippen LogP contribution in [0.2, 0.25) is 0 Å². The first-order valence-electron chi connectivity index (χ1n) is 8.73. The molecule has 3 rings (SSSR count). The summed E-state index contributed by atoms with van der Waals surface area (Å²) in [6, 6.07) is 5.29. The molecule has 8 heteroatoms. The maximum absolute atomic E-state index is 12.2. The molecule has 0 saturated heterocycles. The number of hydrogen-bond donors (Lipinski definition) is 3. The van der Waals surface area contributed by atoms with Crippen LogP contribution in [0.15, 0.2) is 18.2 Å². The molecule has 1 aromatic heterocycles. The Labute approximate surface area is 161 Å². The number of nitrogens with two attached hydrogens (primary N) is 1. The van der Waals surface area contributed by atoms with Gasteiger partial charge in [0, 0.05) is 11.4 Å². The lowest BCUT2D eigenvalue weighted by molar-refractivity contribution is 0.100. The zero-order chi connectivity index (χ0) is 19.4. The molecule has 0 aliphatic heterocycles. The highest BCUT2D eigenvalue weighted by Gasteiger charge is 2.26. The molecule has 0 unspecified atom stereocenters. The number of nitrogens with one attached hydrogen (secondary N) is 2. The lowest BCUT2D eigenvalue weighted by atomic mass is 10.1. The molecule has 1 aliphatic carbocycles. The third-order valence-electron chi connectivity index (χ3n) is 4.54. The van der Waals surface area contributed by atoms with Gasteiger partial charge in [0.05, 0.1) is 19.8 Å². The minimum absolute atomic E-state index is 0.349. The summed E-state index contributed by atoms with van der Waals surface area (Å²) >= 11 is 1.44. The van der Waals surface area contributed by atoms with E-state index in [2.05, 4.69) is 10.6 Å². The molecule has 144 valence electrons. The summed E-state index contributed by atoms with van der Waals surface area (Å²) in [6.45, 7) is 0.443. The number of urea groups is 1. The standard InChI is InChI=1S/C19H23N3O4S/c1-25-13-7-6-11(10-14(13)26-2)8-9-21-19(24)22-18-16(17(20)23)12-4-3-5-15(12)27-18/h6-7,10H,3-5,8-9H2,1-2H3,(H2,20,23)(H2,21,22,24). The van der Waals surface area contributed by atoms with E-state index in [1.165, 1.54) is 11.3 Å². The van der Waals surface area contributed by atoms with Crippen molar-refractivity contribution < 1.29 is 19.1 Å². The molecule has 3 amide bonds. The van der Waals surface area contributed by atoms with E-state index in [9.17, 15) is 9.59 Å². The number of benzene rings is 1. The molecule has 4 N–H and O–H groups in total. The van der Waals surface area contributed by atoms with Crippen LogP contribution in [0.5, 0.6) is 11.5 Å². The number of ether oxygens (including phenoxy) is 2. The minimum Gasteiger partial charge on any atom is -0.493 e. The second-order valence-corrected chi connectivity index (χ2v) is 7.35. The second-order valence-electron chi connectivity index (χ2n) is 6.25. The first kappa shape index (κ1) is 19.0. The number of primary amides is 1. The SMILES string of the molecule is COc1ccc(CCNC(=O)Nc2sc3c(c2C(N)=O)CCC3)cc1OC. The Morgan fingerprint density at radius 2 is 1.96 bits per heavy atom. The molecule has 0 spiro atoms. The Hall–Kier alpha value is -2.74. The summed E-state index contributed by atoms with van der Waals surface area (Å²) in [5.41, 5.74) is 7.98. The number of amides is 3. The van der Waals surface area contributed by atoms with Gasteiger partial charge in [-0.3, -0.25) is 10.1 Å². The van der Waals surface area contributed by atoms with Crippen molar-refractivity contribution in [2.75, 3.05) is 26.1 Å². The zero-order valence-electron chi connectivity index (χ0n) is 15.4. The minimum atomic E-state index is -0.491. The number of fused-ring (bicyclic) bond motifs is 1. The molecule has 1 aromatic carbocycles. The molecule has 1 heterocycles. The summed E-state index contributed by atoms with van der Waals surface area (Å²) in [5, 5.41) is 6.12. The van der Waals surface area contributed by atoms with Crippen LogP contribution in [-0.4, -0.2) is 32.7 Å². The van der Waals surface area contributed by atoms with Crippen molar-refractivity contribution in [2.45, 2.75) is 25.7 Å². The van der Waals surface area contributed by atoms with Gasteiger partial charge in [0.25, 0.3) is 5.91 Å². The summed E-state index contributed by atoms with van der Waals surface area (Å²) in [5.74, 6) is 0.824. The molecule has 0 fully saturated rings. The summed E-state index contributed by atoms with van der Waals surface area (Å²) in [7, 11) is 3.17. The largest absolute Gasteiger partial charge is 0.493 e. The fourth-order valence-electron chi connectivity index (χ4n) is 3.26. The number of carbonyl (C=O) groups is 2. The van der Waals surface area contributed by atoms with Crippen LogP contribution in [0.25, 0.3) is 0 Å². The number of carbonyl (C=O) groups excluding carboxylic acids is 2. The molecule has 0 bridgehead atoms. The van der Waals surface area contributed by atoms with Crippen molar-refractivity contribution in [1.29, 1.82) is 0 Å². The van der Waals surface area contributed by atoms with E-state index in [4.69, 9.17) is 15.2 Å². The average molecular weight is 389 g/mol. The molecule has 1 aliphatic rings. The summed E-state index contributed by atoms with van der Waals surface area (Å²) < 4.78 is 10.5. The van der Waals surface area contributed by atoms with E-state index < -0.39 is 5.91 Å². The van der Waals surface area contributed by atoms with Crippen LogP contribution in [0, 0.1) is 0 Å². The van der Waals surface area contributed by atoms with Gasteiger partial charge in [0.2, 0.25) is 0 Å². The monoisotopic (exact) mass is 389 g/mol. The molecule has 2 aromatic rings. The Kier molecular flexibility index (Phi) is 5.85. The highest BCUT2D eigenvalue weighted by molar-refractivity contribution is 7.17. The highest BCUT2D eigenvalue weighted by atomic mass is 32.1. The Bertz CT molecular complexity index is 863. The van der Waals surface area contributed by atoms with Crippen LogP contribution in [0.1, 0.15) is 32.8 Å². The van der Waals surface area contributed by atoms with Gasteiger partial charge in [-0.1, -0.05) is 6.07 Å². The zero-order valence-corrected chi connectivity index (χ0v) is 16.2. The van der Waals surface area contributed by atoms with Crippen LogP contribution in [0.4, 0.5) is 9.80 Å². The first-order valence-corrected chi connectivity index (χ1v) is 9.55. The number of thiophene rings is 1. The van der Waals surface area contributed by atoms with E-state index in [0.717, 1.165) is 35.3 Å². The van der Waals surface area contributed by atoms with Crippen molar-refractivity contribution in [2.24, 2.45) is 5.73 Å². The lowest BCUT2D eigenvalue weighted by Crippen LogP contribution is -2.31. The second kappa shape index (κ2) is 8.30. The molecule has 27 heavy (non-hydrogen) atoms. The first-order chi connectivity index (χ1) is 13.0. The third kappa shape index (κ3) is 4.16. The van der Waals surface area contributed by atoms with Gasteiger partial charge in [-0.05, 0) is 48.9 Å². The fourth-order valence-corrected chi connectivity index (χ4v) is 4.55.